The van der Waals surface area contributed by atoms with Gasteiger partial charge in [-0.1, -0.05) is 108 Å². The van der Waals surface area contributed by atoms with Crippen LogP contribution in [0.2, 0.25) is 0 Å². The van der Waals surface area contributed by atoms with Crippen molar-refractivity contribution in [1.82, 2.24) is 0 Å². The monoisotopic (exact) mass is 332 g/mol. The van der Waals surface area contributed by atoms with Gasteiger partial charge in [0.2, 0.25) is 0 Å². The van der Waals surface area contributed by atoms with Gasteiger partial charge in [-0.2, -0.15) is 0 Å². The van der Waals surface area contributed by atoms with Crippen LogP contribution in [-0.2, 0) is 6.42 Å². The number of hydrogen-bond acceptors (Lipinski definition) is 1. The van der Waals surface area contributed by atoms with Gasteiger partial charge in [0.25, 0.3) is 0 Å². The fraction of sp³-hybridized carbons (Fsp3) is 0.739. The molecule has 0 saturated carbocycles. The quantitative estimate of drug-likeness (QED) is 0.325. The molecule has 0 spiro atoms. The fourth-order valence-electron chi connectivity index (χ4n) is 3.33. The van der Waals surface area contributed by atoms with Gasteiger partial charge in [-0.3, -0.25) is 0 Å². The third-order valence-electron chi connectivity index (χ3n) is 5.07. The van der Waals surface area contributed by atoms with Crippen LogP contribution >= 0.6 is 0 Å². The summed E-state index contributed by atoms with van der Waals surface area (Å²) in [4.78, 5) is 0. The number of aryl methyl sites for hydroxylation is 1. The van der Waals surface area contributed by atoms with Gasteiger partial charge in [-0.05, 0) is 30.7 Å². The molecule has 0 aliphatic carbocycles. The molecule has 1 aromatic rings. The summed E-state index contributed by atoms with van der Waals surface area (Å²) < 4.78 is 0. The van der Waals surface area contributed by atoms with E-state index in [0.717, 1.165) is 0 Å². The topological polar surface area (TPSA) is 20.2 Å². The van der Waals surface area contributed by atoms with Gasteiger partial charge in [-0.25, -0.2) is 0 Å². The lowest BCUT2D eigenvalue weighted by molar-refractivity contribution is 0.227. The Labute approximate surface area is 150 Å². The second kappa shape index (κ2) is 15.7. The molecule has 0 aromatic heterocycles. The van der Waals surface area contributed by atoms with Crippen molar-refractivity contribution in [2.75, 3.05) is 6.61 Å². The molecule has 1 atom stereocenters. The van der Waals surface area contributed by atoms with Crippen molar-refractivity contribution >= 4 is 0 Å². The summed E-state index contributed by atoms with van der Waals surface area (Å²) in [6.45, 7) is 2.49. The SMILES string of the molecule is CC(CO)CCCCCCCCCCCCCCc1ccccc1. The number of hydrogen-bond donors (Lipinski definition) is 1. The number of unbranched alkanes of at least 4 members (excludes halogenated alkanes) is 11. The van der Waals surface area contributed by atoms with Crippen molar-refractivity contribution in [3.05, 3.63) is 35.9 Å². The first kappa shape index (κ1) is 21.2. The molecule has 0 aliphatic heterocycles. The number of aliphatic hydroxyl groups excluding tert-OH is 1. The highest BCUT2D eigenvalue weighted by atomic mass is 16.3. The second-order valence-electron chi connectivity index (χ2n) is 7.55. The number of rotatable bonds is 16. The van der Waals surface area contributed by atoms with Gasteiger partial charge in [0.15, 0.2) is 0 Å². The van der Waals surface area contributed by atoms with Gasteiger partial charge in [0.1, 0.15) is 0 Å². The van der Waals surface area contributed by atoms with Gasteiger partial charge in [-0.15, -0.1) is 0 Å². The van der Waals surface area contributed by atoms with Gasteiger partial charge < -0.3 is 5.11 Å². The third-order valence-corrected chi connectivity index (χ3v) is 5.07. The first-order valence-electron chi connectivity index (χ1n) is 10.5. The maximum atomic E-state index is 8.98. The molecule has 0 amide bonds. The van der Waals surface area contributed by atoms with Crippen LogP contribution in [0, 0.1) is 5.92 Å². The normalized spacial score (nSPS) is 12.4. The summed E-state index contributed by atoms with van der Waals surface area (Å²) in [5.41, 5.74) is 1.49. The molecular formula is C23H40O. The van der Waals surface area contributed by atoms with Gasteiger partial charge in [0.05, 0.1) is 0 Å². The Balaban J connectivity index is 1.73. The van der Waals surface area contributed by atoms with Crippen LogP contribution in [-0.4, -0.2) is 11.7 Å². The van der Waals surface area contributed by atoms with E-state index in [2.05, 4.69) is 37.3 Å². The third kappa shape index (κ3) is 12.6. The average Bonchev–Trinajstić information content (AvgIpc) is 2.62. The van der Waals surface area contributed by atoms with Crippen LogP contribution in [0.1, 0.15) is 96.0 Å². The molecule has 1 aromatic carbocycles. The molecule has 0 bridgehead atoms. The summed E-state index contributed by atoms with van der Waals surface area (Å²) in [5, 5.41) is 8.98. The molecule has 0 heterocycles. The molecule has 1 N–H and O–H groups in total. The average molecular weight is 333 g/mol. The van der Waals surface area contributed by atoms with Crippen molar-refractivity contribution in [2.45, 2.75) is 96.8 Å². The fourth-order valence-corrected chi connectivity index (χ4v) is 3.33. The molecule has 0 radical (unpaired) electrons. The Bertz CT molecular complexity index is 360. The molecule has 1 heteroatoms. The van der Waals surface area contributed by atoms with E-state index < -0.39 is 0 Å². The summed E-state index contributed by atoms with van der Waals surface area (Å²) in [6, 6.07) is 10.9. The van der Waals surface area contributed by atoms with E-state index in [1.807, 2.05) is 0 Å². The zero-order chi connectivity index (χ0) is 17.3. The highest BCUT2D eigenvalue weighted by Gasteiger charge is 1.99. The lowest BCUT2D eigenvalue weighted by atomic mass is 10.0. The summed E-state index contributed by atoms with van der Waals surface area (Å²) >= 11 is 0. The maximum absolute atomic E-state index is 8.98. The van der Waals surface area contributed by atoms with Crippen LogP contribution in [0.15, 0.2) is 30.3 Å². The van der Waals surface area contributed by atoms with Gasteiger partial charge in [0, 0.05) is 6.61 Å². The van der Waals surface area contributed by atoms with E-state index in [0.29, 0.717) is 12.5 Å². The summed E-state index contributed by atoms with van der Waals surface area (Å²) in [7, 11) is 0. The molecule has 0 aliphatic rings. The smallest absolute Gasteiger partial charge is 0.0456 e. The summed E-state index contributed by atoms with van der Waals surface area (Å²) in [5.74, 6) is 0.498. The van der Waals surface area contributed by atoms with E-state index >= 15 is 0 Å². The van der Waals surface area contributed by atoms with Crippen LogP contribution in [0.4, 0.5) is 0 Å². The van der Waals surface area contributed by atoms with E-state index in [-0.39, 0.29) is 0 Å². The Morgan fingerprint density at radius 1 is 0.667 bits per heavy atom. The van der Waals surface area contributed by atoms with Crippen molar-refractivity contribution in [3.63, 3.8) is 0 Å². The minimum absolute atomic E-state index is 0.353. The first-order valence-corrected chi connectivity index (χ1v) is 10.5. The standard InChI is InChI=1S/C23H40O/c1-22(21-24)17-13-10-8-6-4-2-3-5-7-9-11-14-18-23-19-15-12-16-20-23/h12,15-16,19-20,22,24H,2-11,13-14,17-18,21H2,1H3. The van der Waals surface area contributed by atoms with Crippen molar-refractivity contribution in [1.29, 1.82) is 0 Å². The predicted octanol–water partition coefficient (Wildman–Crippen LogP) is 6.93. The zero-order valence-electron chi connectivity index (χ0n) is 16.0. The molecule has 1 unspecified atom stereocenters. The van der Waals surface area contributed by atoms with Crippen molar-refractivity contribution < 1.29 is 5.11 Å². The van der Waals surface area contributed by atoms with Crippen LogP contribution in [0.25, 0.3) is 0 Å². The number of aliphatic hydroxyl groups is 1. The first-order chi connectivity index (χ1) is 11.8. The predicted molar refractivity (Wildman–Crippen MR) is 106 cm³/mol. The van der Waals surface area contributed by atoms with Crippen LogP contribution in [0.3, 0.4) is 0 Å². The molecule has 0 saturated heterocycles. The highest BCUT2D eigenvalue weighted by Crippen LogP contribution is 2.14. The van der Waals surface area contributed by atoms with Crippen LogP contribution < -0.4 is 0 Å². The summed E-state index contributed by atoms with van der Waals surface area (Å²) in [6.07, 6.45) is 19.2. The van der Waals surface area contributed by atoms with E-state index in [1.165, 1.54) is 95.5 Å². The molecule has 1 nitrogen and oxygen atoms in total. The van der Waals surface area contributed by atoms with E-state index in [4.69, 9.17) is 5.11 Å². The Kier molecular flexibility index (Phi) is 13.9. The molecule has 138 valence electrons. The molecule has 24 heavy (non-hydrogen) atoms. The molecule has 1 rings (SSSR count). The van der Waals surface area contributed by atoms with Crippen molar-refractivity contribution in [2.24, 2.45) is 5.92 Å². The maximum Gasteiger partial charge on any atom is 0.0456 e. The zero-order valence-corrected chi connectivity index (χ0v) is 16.0. The second-order valence-corrected chi connectivity index (χ2v) is 7.55. The molecule has 0 fully saturated rings. The Morgan fingerprint density at radius 2 is 1.12 bits per heavy atom. The molecular weight excluding hydrogens is 292 g/mol. The number of benzene rings is 1. The lowest BCUT2D eigenvalue weighted by Crippen LogP contribution is -1.99. The lowest BCUT2D eigenvalue weighted by Gasteiger charge is -2.07. The van der Waals surface area contributed by atoms with E-state index in [1.54, 1.807) is 0 Å². The van der Waals surface area contributed by atoms with Crippen LogP contribution in [0.5, 0.6) is 0 Å². The highest BCUT2D eigenvalue weighted by molar-refractivity contribution is 5.14. The largest absolute Gasteiger partial charge is 0.396 e. The Morgan fingerprint density at radius 3 is 1.62 bits per heavy atom. The van der Waals surface area contributed by atoms with Gasteiger partial charge >= 0.3 is 0 Å². The minimum Gasteiger partial charge on any atom is -0.396 e. The van der Waals surface area contributed by atoms with Crippen molar-refractivity contribution in [3.8, 4) is 0 Å². The van der Waals surface area contributed by atoms with E-state index in [9.17, 15) is 0 Å². The minimum atomic E-state index is 0.353. The Hall–Kier alpha value is -0.820.